The van der Waals surface area contributed by atoms with Crippen molar-refractivity contribution in [2.45, 2.75) is 5.41 Å². The van der Waals surface area contributed by atoms with Crippen LogP contribution in [0.2, 0.25) is 0 Å². The maximum absolute atomic E-state index is 2.49. The Kier molecular flexibility index (Phi) is 6.88. The van der Waals surface area contributed by atoms with Crippen LogP contribution in [0, 0.1) is 0 Å². The van der Waals surface area contributed by atoms with Crippen LogP contribution in [0.1, 0.15) is 22.3 Å². The Bertz CT molecular complexity index is 3130. The largest absolute Gasteiger partial charge is 0.310 e. The van der Waals surface area contributed by atoms with Crippen molar-refractivity contribution >= 4 is 38.9 Å². The molecule has 0 aliphatic heterocycles. The van der Waals surface area contributed by atoms with Crippen molar-refractivity contribution in [1.82, 2.24) is 4.57 Å². The lowest BCUT2D eigenvalue weighted by Crippen LogP contribution is -2.26. The number of aromatic nitrogens is 1. The van der Waals surface area contributed by atoms with Gasteiger partial charge in [-0.1, -0.05) is 158 Å². The third kappa shape index (κ3) is 4.53. The van der Waals surface area contributed by atoms with Crippen molar-refractivity contribution in [2.24, 2.45) is 0 Å². The molecule has 0 atom stereocenters. The summed E-state index contributed by atoms with van der Waals surface area (Å²) >= 11 is 0. The first-order valence-electron chi connectivity index (χ1n) is 19.8. The number of para-hydroxylation sites is 2. The number of hydrogen-bond acceptors (Lipinski definition) is 1. The highest BCUT2D eigenvalue weighted by molar-refractivity contribution is 6.11. The summed E-state index contributed by atoms with van der Waals surface area (Å²) in [5.74, 6) is 0. The molecule has 266 valence electrons. The Labute approximate surface area is 332 Å². The standard InChI is InChI=1S/C55H36N2/c1-3-16-37(17-4-1)38-18-15-21-40(34-38)56(41-31-33-54-48(35-41)47-25-10-14-29-53(47)57(54)39-19-5-2-6-20-39)42-30-32-46-45-24-9-13-28-51(45)55(52(46)36-42)49-26-11-7-22-43(49)44-23-8-12-27-50(44)55/h1-36H. The minimum absolute atomic E-state index is 0.431. The van der Waals surface area contributed by atoms with Crippen LogP contribution < -0.4 is 4.90 Å². The number of fused-ring (bicyclic) bond motifs is 13. The Morgan fingerprint density at radius 1 is 0.316 bits per heavy atom. The Morgan fingerprint density at radius 3 is 1.53 bits per heavy atom. The van der Waals surface area contributed by atoms with Crippen LogP contribution in [-0.2, 0) is 5.41 Å². The summed E-state index contributed by atoms with van der Waals surface area (Å²) in [6.45, 7) is 0. The lowest BCUT2D eigenvalue weighted by Gasteiger charge is -2.32. The first-order valence-corrected chi connectivity index (χ1v) is 19.8. The van der Waals surface area contributed by atoms with Crippen LogP contribution in [0.4, 0.5) is 17.1 Å². The minimum atomic E-state index is -0.431. The van der Waals surface area contributed by atoms with Gasteiger partial charge in [-0.15, -0.1) is 0 Å². The van der Waals surface area contributed by atoms with Gasteiger partial charge in [0.15, 0.2) is 0 Å². The average molecular weight is 725 g/mol. The summed E-state index contributed by atoms with van der Waals surface area (Å²) < 4.78 is 2.39. The van der Waals surface area contributed by atoms with Gasteiger partial charge in [-0.2, -0.15) is 0 Å². The van der Waals surface area contributed by atoms with Crippen molar-refractivity contribution in [1.29, 1.82) is 0 Å². The van der Waals surface area contributed by atoms with E-state index in [9.17, 15) is 0 Å². The molecule has 2 aliphatic rings. The molecule has 0 radical (unpaired) electrons. The molecule has 0 saturated heterocycles. The molecular weight excluding hydrogens is 689 g/mol. The normalized spacial score (nSPS) is 13.1. The SMILES string of the molecule is c1ccc(-c2cccc(N(c3ccc4c(c3)C3(c5ccccc5-c5ccccc53)c3ccccc3-4)c3ccc4c(c3)c3ccccc3n4-c3ccccc3)c2)cc1. The first-order chi connectivity index (χ1) is 28.3. The van der Waals surface area contributed by atoms with E-state index in [0.717, 1.165) is 22.7 Å². The fraction of sp³-hybridized carbons (Fsp3) is 0.0182. The maximum atomic E-state index is 2.49. The molecule has 12 rings (SSSR count). The molecule has 0 N–H and O–H groups in total. The van der Waals surface area contributed by atoms with E-state index < -0.39 is 5.41 Å². The van der Waals surface area contributed by atoms with E-state index in [4.69, 9.17) is 0 Å². The summed E-state index contributed by atoms with van der Waals surface area (Å²) in [7, 11) is 0. The highest BCUT2D eigenvalue weighted by Crippen LogP contribution is 2.63. The molecule has 2 aliphatic carbocycles. The van der Waals surface area contributed by atoms with Crippen molar-refractivity contribution in [3.63, 3.8) is 0 Å². The van der Waals surface area contributed by atoms with E-state index in [1.54, 1.807) is 0 Å². The lowest BCUT2D eigenvalue weighted by molar-refractivity contribution is 0.793. The second-order valence-electron chi connectivity index (χ2n) is 15.3. The molecule has 0 fully saturated rings. The van der Waals surface area contributed by atoms with Crippen LogP contribution in [0.3, 0.4) is 0 Å². The summed E-state index contributed by atoms with van der Waals surface area (Å²) in [5.41, 5.74) is 19.4. The molecule has 0 saturated carbocycles. The topological polar surface area (TPSA) is 8.17 Å². The average Bonchev–Trinajstić information content (AvgIpc) is 3.89. The third-order valence-corrected chi connectivity index (χ3v) is 12.4. The van der Waals surface area contributed by atoms with Gasteiger partial charge in [0.25, 0.3) is 0 Å². The molecule has 0 bridgehead atoms. The van der Waals surface area contributed by atoms with E-state index in [2.05, 4.69) is 228 Å². The van der Waals surface area contributed by atoms with E-state index in [0.29, 0.717) is 0 Å². The molecule has 0 amide bonds. The Morgan fingerprint density at radius 2 is 0.825 bits per heavy atom. The van der Waals surface area contributed by atoms with E-state index in [1.807, 2.05) is 0 Å². The smallest absolute Gasteiger partial charge is 0.0726 e. The van der Waals surface area contributed by atoms with Gasteiger partial charge in [-0.3, -0.25) is 0 Å². The number of rotatable bonds is 5. The van der Waals surface area contributed by atoms with Crippen LogP contribution in [0.15, 0.2) is 218 Å². The maximum Gasteiger partial charge on any atom is 0.0726 e. The Hall–Kier alpha value is -7.42. The fourth-order valence-corrected chi connectivity index (χ4v) is 10.1. The van der Waals surface area contributed by atoms with Gasteiger partial charge in [-0.05, 0) is 116 Å². The van der Waals surface area contributed by atoms with Crippen molar-refractivity contribution in [2.75, 3.05) is 4.90 Å². The summed E-state index contributed by atoms with van der Waals surface area (Å²) in [5, 5.41) is 2.46. The van der Waals surface area contributed by atoms with Gasteiger partial charge < -0.3 is 9.47 Å². The van der Waals surface area contributed by atoms with Gasteiger partial charge in [0, 0.05) is 33.5 Å². The monoisotopic (exact) mass is 724 g/mol. The zero-order chi connectivity index (χ0) is 37.5. The van der Waals surface area contributed by atoms with Crippen LogP contribution in [0.5, 0.6) is 0 Å². The fourth-order valence-electron chi connectivity index (χ4n) is 10.1. The summed E-state index contributed by atoms with van der Waals surface area (Å²) in [4.78, 5) is 2.46. The molecule has 2 nitrogen and oxygen atoms in total. The second-order valence-corrected chi connectivity index (χ2v) is 15.3. The second kappa shape index (κ2) is 12.3. The third-order valence-electron chi connectivity index (χ3n) is 12.4. The van der Waals surface area contributed by atoms with Crippen molar-refractivity contribution in [3.05, 3.63) is 241 Å². The number of nitrogens with zero attached hydrogens (tertiary/aromatic N) is 2. The predicted molar refractivity (Wildman–Crippen MR) is 237 cm³/mol. The van der Waals surface area contributed by atoms with Gasteiger partial charge in [0.1, 0.15) is 0 Å². The van der Waals surface area contributed by atoms with Crippen LogP contribution >= 0.6 is 0 Å². The molecule has 2 heteroatoms. The Balaban J connectivity index is 1.13. The van der Waals surface area contributed by atoms with E-state index in [1.165, 1.54) is 77.4 Å². The minimum Gasteiger partial charge on any atom is -0.310 e. The molecule has 10 aromatic rings. The van der Waals surface area contributed by atoms with Gasteiger partial charge in [0.05, 0.1) is 16.4 Å². The molecule has 1 spiro atoms. The molecule has 0 unspecified atom stereocenters. The predicted octanol–water partition coefficient (Wildman–Crippen LogP) is 14.3. The summed E-state index contributed by atoms with van der Waals surface area (Å²) in [6.07, 6.45) is 0. The molecule has 57 heavy (non-hydrogen) atoms. The van der Waals surface area contributed by atoms with E-state index in [-0.39, 0.29) is 0 Å². The first kappa shape index (κ1) is 31.9. The molecule has 1 heterocycles. The zero-order valence-corrected chi connectivity index (χ0v) is 31.2. The molecule has 1 aromatic heterocycles. The van der Waals surface area contributed by atoms with Crippen LogP contribution in [0.25, 0.3) is 60.9 Å². The van der Waals surface area contributed by atoms with Gasteiger partial charge in [0.2, 0.25) is 0 Å². The number of benzene rings is 9. The van der Waals surface area contributed by atoms with Crippen molar-refractivity contribution < 1.29 is 0 Å². The lowest BCUT2D eigenvalue weighted by atomic mass is 9.70. The summed E-state index contributed by atoms with van der Waals surface area (Å²) in [6, 6.07) is 80.5. The van der Waals surface area contributed by atoms with Crippen LogP contribution in [-0.4, -0.2) is 4.57 Å². The number of hydrogen-bond donors (Lipinski definition) is 0. The van der Waals surface area contributed by atoms with Gasteiger partial charge in [-0.25, -0.2) is 0 Å². The molecular formula is C55H36N2. The number of anilines is 3. The van der Waals surface area contributed by atoms with E-state index >= 15 is 0 Å². The zero-order valence-electron chi connectivity index (χ0n) is 31.2. The van der Waals surface area contributed by atoms with Crippen molar-refractivity contribution in [3.8, 4) is 39.1 Å². The molecule has 9 aromatic carbocycles. The highest BCUT2D eigenvalue weighted by Gasteiger charge is 2.51. The quantitative estimate of drug-likeness (QED) is 0.172. The van der Waals surface area contributed by atoms with Gasteiger partial charge >= 0.3 is 0 Å². The highest BCUT2D eigenvalue weighted by atomic mass is 15.1.